The zero-order valence-electron chi connectivity index (χ0n) is 18.2. The lowest BCUT2D eigenvalue weighted by Crippen LogP contribution is -2.42. The molecule has 0 saturated heterocycles. The van der Waals surface area contributed by atoms with Crippen LogP contribution in [-0.2, 0) is 14.8 Å². The summed E-state index contributed by atoms with van der Waals surface area (Å²) in [4.78, 5) is 12.8. The average molecular weight is 485 g/mol. The van der Waals surface area contributed by atoms with E-state index in [1.807, 2.05) is 6.92 Å². The predicted octanol–water partition coefficient (Wildman–Crippen LogP) is 5.83. The lowest BCUT2D eigenvalue weighted by molar-refractivity contribution is -0.119. The SMILES string of the molecule is CCCC[C@H](CC)CNC(=O)CN(c1cc(Cl)cc(Cl)c1)S(=O)(=O)c1ccc(C)cc1. The number of amides is 1. The van der Waals surface area contributed by atoms with E-state index in [4.69, 9.17) is 23.2 Å². The molecule has 0 bridgehead atoms. The van der Waals surface area contributed by atoms with E-state index in [1.165, 1.54) is 30.3 Å². The van der Waals surface area contributed by atoms with Crippen molar-refractivity contribution < 1.29 is 13.2 Å². The average Bonchev–Trinajstić information content (AvgIpc) is 2.71. The molecule has 0 aromatic heterocycles. The molecule has 0 aliphatic heterocycles. The third-order valence-electron chi connectivity index (χ3n) is 5.16. The van der Waals surface area contributed by atoms with Crippen molar-refractivity contribution in [3.05, 3.63) is 58.1 Å². The Bertz CT molecular complexity index is 959. The maximum atomic E-state index is 13.4. The van der Waals surface area contributed by atoms with Gasteiger partial charge in [-0.3, -0.25) is 9.10 Å². The van der Waals surface area contributed by atoms with Crippen LogP contribution in [-0.4, -0.2) is 27.4 Å². The maximum Gasteiger partial charge on any atom is 0.264 e. The molecule has 0 aliphatic carbocycles. The van der Waals surface area contributed by atoms with Gasteiger partial charge in [0.05, 0.1) is 10.6 Å². The van der Waals surface area contributed by atoms with Crippen LogP contribution >= 0.6 is 23.2 Å². The molecule has 0 heterocycles. The molecule has 170 valence electrons. The number of unbranched alkanes of at least 4 members (excludes halogenated alkanes) is 1. The Kier molecular flexibility index (Phi) is 9.66. The summed E-state index contributed by atoms with van der Waals surface area (Å²) in [6.07, 6.45) is 4.18. The zero-order chi connectivity index (χ0) is 23.0. The molecule has 1 atom stereocenters. The van der Waals surface area contributed by atoms with Crippen LogP contribution in [0.3, 0.4) is 0 Å². The van der Waals surface area contributed by atoms with Crippen molar-refractivity contribution in [3.63, 3.8) is 0 Å². The second kappa shape index (κ2) is 11.7. The van der Waals surface area contributed by atoms with Crippen LogP contribution in [0, 0.1) is 12.8 Å². The highest BCUT2D eigenvalue weighted by molar-refractivity contribution is 7.92. The fourth-order valence-electron chi connectivity index (χ4n) is 3.22. The third-order valence-corrected chi connectivity index (χ3v) is 7.39. The first-order chi connectivity index (χ1) is 14.7. The molecule has 0 spiro atoms. The standard InChI is InChI=1S/C23H30Cl2N2O3S/c1-4-6-7-18(5-2)15-26-23(28)16-27(21-13-19(24)12-20(25)14-21)31(29,30)22-10-8-17(3)9-11-22/h8-14,18H,4-7,15-16H2,1-3H3,(H,26,28)/t18-/m0/s1. The van der Waals surface area contributed by atoms with E-state index in [0.717, 1.165) is 35.6 Å². The second-order valence-corrected chi connectivity index (χ2v) is 10.4. The molecule has 2 aromatic carbocycles. The minimum Gasteiger partial charge on any atom is -0.354 e. The number of benzene rings is 2. The quantitative estimate of drug-likeness (QED) is 0.436. The lowest BCUT2D eigenvalue weighted by Gasteiger charge is -2.25. The highest BCUT2D eigenvalue weighted by atomic mass is 35.5. The molecule has 31 heavy (non-hydrogen) atoms. The van der Waals surface area contributed by atoms with E-state index >= 15 is 0 Å². The number of rotatable bonds is 11. The van der Waals surface area contributed by atoms with Gasteiger partial charge in [-0.15, -0.1) is 0 Å². The number of nitrogens with zero attached hydrogens (tertiary/aromatic N) is 1. The summed E-state index contributed by atoms with van der Waals surface area (Å²) in [6, 6.07) is 11.0. The molecule has 1 N–H and O–H groups in total. The van der Waals surface area contributed by atoms with E-state index in [-0.39, 0.29) is 33.1 Å². The molecule has 8 heteroatoms. The van der Waals surface area contributed by atoms with Gasteiger partial charge in [0, 0.05) is 16.6 Å². The first-order valence-electron chi connectivity index (χ1n) is 10.5. The monoisotopic (exact) mass is 484 g/mol. The van der Waals surface area contributed by atoms with Gasteiger partial charge in [-0.1, -0.05) is 74.0 Å². The Morgan fingerprint density at radius 2 is 1.68 bits per heavy atom. The Morgan fingerprint density at radius 3 is 2.23 bits per heavy atom. The number of hydrogen-bond acceptors (Lipinski definition) is 3. The Labute approximate surface area is 195 Å². The Balaban J connectivity index is 2.30. The van der Waals surface area contributed by atoms with Crippen LogP contribution in [0.1, 0.15) is 45.1 Å². The summed E-state index contributed by atoms with van der Waals surface area (Å²) < 4.78 is 27.8. The maximum absolute atomic E-state index is 13.4. The molecule has 0 aliphatic rings. The van der Waals surface area contributed by atoms with Crippen molar-refractivity contribution in [2.45, 2.75) is 51.3 Å². The van der Waals surface area contributed by atoms with Gasteiger partial charge in [-0.05, 0) is 49.6 Å². The molecule has 0 unspecified atom stereocenters. The smallest absolute Gasteiger partial charge is 0.264 e. The minimum absolute atomic E-state index is 0.0939. The van der Waals surface area contributed by atoms with Crippen LogP contribution in [0.25, 0.3) is 0 Å². The Hall–Kier alpha value is -1.76. The van der Waals surface area contributed by atoms with Crippen LogP contribution in [0.15, 0.2) is 47.4 Å². The second-order valence-electron chi connectivity index (χ2n) is 7.67. The molecule has 0 fully saturated rings. The fourth-order valence-corrected chi connectivity index (χ4v) is 5.14. The van der Waals surface area contributed by atoms with Crippen LogP contribution < -0.4 is 9.62 Å². The van der Waals surface area contributed by atoms with E-state index in [1.54, 1.807) is 12.1 Å². The summed E-state index contributed by atoms with van der Waals surface area (Å²) in [5.74, 6) is -0.00611. The van der Waals surface area contributed by atoms with Gasteiger partial charge in [0.15, 0.2) is 0 Å². The van der Waals surface area contributed by atoms with E-state index < -0.39 is 10.0 Å². The van der Waals surface area contributed by atoms with Crippen molar-refractivity contribution in [2.24, 2.45) is 5.92 Å². The summed E-state index contributed by atoms with van der Waals surface area (Å²) in [5, 5.41) is 3.47. The molecule has 2 rings (SSSR count). The number of anilines is 1. The highest BCUT2D eigenvalue weighted by Crippen LogP contribution is 2.29. The minimum atomic E-state index is -4.00. The summed E-state index contributed by atoms with van der Waals surface area (Å²) in [5.41, 5.74) is 1.18. The van der Waals surface area contributed by atoms with Gasteiger partial charge in [0.2, 0.25) is 5.91 Å². The molecule has 5 nitrogen and oxygen atoms in total. The van der Waals surface area contributed by atoms with E-state index in [0.29, 0.717) is 12.5 Å². The summed E-state index contributed by atoms with van der Waals surface area (Å²) in [7, 11) is -4.00. The zero-order valence-corrected chi connectivity index (χ0v) is 20.5. The molecule has 0 saturated carbocycles. The normalized spacial score (nSPS) is 12.4. The highest BCUT2D eigenvalue weighted by Gasteiger charge is 2.28. The number of hydrogen-bond donors (Lipinski definition) is 1. The first kappa shape index (κ1) is 25.5. The number of aryl methyl sites for hydroxylation is 1. The van der Waals surface area contributed by atoms with Gasteiger partial charge in [0.1, 0.15) is 6.54 Å². The number of nitrogens with one attached hydrogen (secondary N) is 1. The molecule has 2 aromatic rings. The van der Waals surface area contributed by atoms with Crippen molar-refractivity contribution in [3.8, 4) is 0 Å². The fraction of sp³-hybridized carbons (Fsp3) is 0.435. The van der Waals surface area contributed by atoms with Crippen molar-refractivity contribution >= 4 is 44.8 Å². The van der Waals surface area contributed by atoms with E-state index in [9.17, 15) is 13.2 Å². The van der Waals surface area contributed by atoms with Crippen LogP contribution in [0.5, 0.6) is 0 Å². The van der Waals surface area contributed by atoms with Gasteiger partial charge in [0.25, 0.3) is 10.0 Å². The van der Waals surface area contributed by atoms with Crippen LogP contribution in [0.4, 0.5) is 5.69 Å². The largest absolute Gasteiger partial charge is 0.354 e. The number of carbonyl (C=O) groups is 1. The Morgan fingerprint density at radius 1 is 1.06 bits per heavy atom. The summed E-state index contributed by atoms with van der Waals surface area (Å²) in [6.45, 7) is 6.26. The van der Waals surface area contributed by atoms with Gasteiger partial charge in [-0.2, -0.15) is 0 Å². The van der Waals surface area contributed by atoms with Gasteiger partial charge < -0.3 is 5.32 Å². The van der Waals surface area contributed by atoms with Crippen molar-refractivity contribution in [1.82, 2.24) is 5.32 Å². The molecule has 1 amide bonds. The predicted molar refractivity (Wildman–Crippen MR) is 128 cm³/mol. The number of sulfonamides is 1. The molecular weight excluding hydrogens is 455 g/mol. The van der Waals surface area contributed by atoms with Gasteiger partial charge >= 0.3 is 0 Å². The van der Waals surface area contributed by atoms with E-state index in [2.05, 4.69) is 19.2 Å². The third kappa shape index (κ3) is 7.41. The van der Waals surface area contributed by atoms with Crippen LogP contribution in [0.2, 0.25) is 10.0 Å². The topological polar surface area (TPSA) is 66.5 Å². The summed E-state index contributed by atoms with van der Waals surface area (Å²) >= 11 is 12.2. The number of halogens is 2. The number of carbonyl (C=O) groups excluding carboxylic acids is 1. The van der Waals surface area contributed by atoms with Crippen molar-refractivity contribution in [2.75, 3.05) is 17.4 Å². The lowest BCUT2D eigenvalue weighted by atomic mass is 9.99. The molecule has 0 radical (unpaired) electrons. The molecular formula is C23H30Cl2N2O3S. The first-order valence-corrected chi connectivity index (χ1v) is 12.7. The van der Waals surface area contributed by atoms with Crippen molar-refractivity contribution in [1.29, 1.82) is 0 Å². The van der Waals surface area contributed by atoms with Gasteiger partial charge in [-0.25, -0.2) is 8.42 Å².